The lowest BCUT2D eigenvalue weighted by Crippen LogP contribution is -2.41. The number of rotatable bonds is 2. The molecule has 1 aromatic carbocycles. The number of benzene rings is 1. The monoisotopic (exact) mass is 303 g/mol. The van der Waals surface area contributed by atoms with E-state index < -0.39 is 0 Å². The Balaban J connectivity index is 1.81. The van der Waals surface area contributed by atoms with Crippen molar-refractivity contribution in [1.82, 2.24) is 4.98 Å². The van der Waals surface area contributed by atoms with Gasteiger partial charge < -0.3 is 15.4 Å². The first-order valence-corrected chi connectivity index (χ1v) is 7.39. The number of ether oxygens (including phenoxy) is 1. The van der Waals surface area contributed by atoms with Gasteiger partial charge in [-0.3, -0.25) is 0 Å². The molecule has 4 nitrogen and oxygen atoms in total. The summed E-state index contributed by atoms with van der Waals surface area (Å²) >= 11 is 6.02. The van der Waals surface area contributed by atoms with E-state index in [-0.39, 0.29) is 6.10 Å². The zero-order valence-electron chi connectivity index (χ0n) is 11.9. The van der Waals surface area contributed by atoms with Crippen molar-refractivity contribution in [2.45, 2.75) is 13.0 Å². The Morgan fingerprint density at radius 1 is 1.29 bits per heavy atom. The van der Waals surface area contributed by atoms with Gasteiger partial charge in [0.25, 0.3) is 0 Å². The van der Waals surface area contributed by atoms with Gasteiger partial charge in [0.15, 0.2) is 0 Å². The van der Waals surface area contributed by atoms with Crippen molar-refractivity contribution in [2.75, 3.05) is 30.3 Å². The van der Waals surface area contributed by atoms with E-state index in [4.69, 9.17) is 22.1 Å². The molecule has 1 fully saturated rings. The summed E-state index contributed by atoms with van der Waals surface area (Å²) in [5, 5.41) is 0.485. The van der Waals surface area contributed by atoms with Gasteiger partial charge in [-0.15, -0.1) is 0 Å². The summed E-state index contributed by atoms with van der Waals surface area (Å²) in [6.45, 7) is 4.73. The summed E-state index contributed by atoms with van der Waals surface area (Å²) in [7, 11) is 0. The Morgan fingerprint density at radius 3 is 2.71 bits per heavy atom. The molecular weight excluding hydrogens is 286 g/mol. The molecule has 1 aliphatic rings. The molecule has 1 aromatic heterocycles. The molecule has 0 bridgehead atoms. The molecule has 3 rings (SSSR count). The van der Waals surface area contributed by atoms with Gasteiger partial charge in [-0.25, -0.2) is 4.98 Å². The van der Waals surface area contributed by atoms with Crippen LogP contribution >= 0.6 is 11.6 Å². The van der Waals surface area contributed by atoms with Gasteiger partial charge >= 0.3 is 0 Å². The van der Waals surface area contributed by atoms with Crippen LogP contribution in [0.5, 0.6) is 0 Å². The van der Waals surface area contributed by atoms with Crippen molar-refractivity contribution in [1.29, 1.82) is 0 Å². The summed E-state index contributed by atoms with van der Waals surface area (Å²) in [5.41, 5.74) is 8.90. The van der Waals surface area contributed by atoms with Gasteiger partial charge in [-0.05, 0) is 30.7 Å². The Bertz CT molecular complexity index is 630. The van der Waals surface area contributed by atoms with Gasteiger partial charge in [-0.2, -0.15) is 0 Å². The van der Waals surface area contributed by atoms with E-state index in [0.29, 0.717) is 10.8 Å². The minimum absolute atomic E-state index is 0.276. The molecular formula is C16H18ClN3O. The highest BCUT2D eigenvalue weighted by atomic mass is 35.5. The molecule has 1 aliphatic heterocycles. The summed E-state index contributed by atoms with van der Waals surface area (Å²) in [6.07, 6.45) is 2.02. The number of hydrogen-bond donors (Lipinski definition) is 1. The van der Waals surface area contributed by atoms with Crippen molar-refractivity contribution >= 4 is 23.1 Å². The predicted octanol–water partition coefficient (Wildman–Crippen LogP) is 3.21. The van der Waals surface area contributed by atoms with Crippen molar-refractivity contribution in [3.8, 4) is 11.1 Å². The number of halogens is 1. The molecule has 2 aromatic rings. The van der Waals surface area contributed by atoms with E-state index in [9.17, 15) is 0 Å². The van der Waals surface area contributed by atoms with E-state index in [1.807, 2.05) is 6.07 Å². The molecule has 0 unspecified atom stereocenters. The van der Waals surface area contributed by atoms with Crippen LogP contribution in [0, 0.1) is 0 Å². The van der Waals surface area contributed by atoms with E-state index in [1.54, 1.807) is 6.20 Å². The fourth-order valence-electron chi connectivity index (χ4n) is 2.52. The first-order valence-electron chi connectivity index (χ1n) is 7.01. The maximum atomic E-state index is 6.02. The lowest BCUT2D eigenvalue weighted by atomic mass is 10.1. The number of hydrogen-bond acceptors (Lipinski definition) is 4. The number of nitrogen functional groups attached to an aromatic ring is 1. The SMILES string of the molecule is C[C@@H]1CN(c2ccc(-c3cnc(N)c(Cl)c3)cc2)CCO1. The number of nitrogens with zero attached hydrogens (tertiary/aromatic N) is 2. The molecule has 1 atom stereocenters. The number of aromatic nitrogens is 1. The van der Waals surface area contributed by atoms with Gasteiger partial charge in [-0.1, -0.05) is 23.7 Å². The fraction of sp³-hybridized carbons (Fsp3) is 0.312. The summed E-state index contributed by atoms with van der Waals surface area (Å²) in [6, 6.07) is 10.3. The number of pyridine rings is 1. The van der Waals surface area contributed by atoms with Crippen LogP contribution in [0.15, 0.2) is 36.5 Å². The van der Waals surface area contributed by atoms with Crippen LogP contribution in [0.4, 0.5) is 11.5 Å². The number of anilines is 2. The normalized spacial score (nSPS) is 18.8. The maximum Gasteiger partial charge on any atom is 0.142 e. The molecule has 110 valence electrons. The van der Waals surface area contributed by atoms with Gasteiger partial charge in [0.05, 0.1) is 17.7 Å². The van der Waals surface area contributed by atoms with E-state index in [2.05, 4.69) is 41.1 Å². The third kappa shape index (κ3) is 3.12. The highest BCUT2D eigenvalue weighted by Crippen LogP contribution is 2.27. The number of nitrogens with two attached hydrogens (primary N) is 1. The van der Waals surface area contributed by atoms with Crippen molar-refractivity contribution in [2.24, 2.45) is 0 Å². The summed E-state index contributed by atoms with van der Waals surface area (Å²) in [5.74, 6) is 0.361. The average molecular weight is 304 g/mol. The topological polar surface area (TPSA) is 51.4 Å². The molecule has 2 N–H and O–H groups in total. The van der Waals surface area contributed by atoms with Crippen molar-refractivity contribution < 1.29 is 4.74 Å². The summed E-state index contributed by atoms with van der Waals surface area (Å²) < 4.78 is 5.57. The van der Waals surface area contributed by atoms with Crippen LogP contribution in [0.2, 0.25) is 5.02 Å². The fourth-order valence-corrected chi connectivity index (χ4v) is 2.69. The van der Waals surface area contributed by atoms with Crippen LogP contribution in [-0.4, -0.2) is 30.8 Å². The van der Waals surface area contributed by atoms with Crippen molar-refractivity contribution in [3.05, 3.63) is 41.6 Å². The highest BCUT2D eigenvalue weighted by molar-refractivity contribution is 6.33. The maximum absolute atomic E-state index is 6.02. The molecule has 5 heteroatoms. The third-order valence-electron chi connectivity index (χ3n) is 3.68. The van der Waals surface area contributed by atoms with Gasteiger partial charge in [0.1, 0.15) is 5.82 Å². The van der Waals surface area contributed by atoms with Gasteiger partial charge in [0.2, 0.25) is 0 Å². The van der Waals surface area contributed by atoms with Gasteiger partial charge in [0, 0.05) is 30.5 Å². The molecule has 0 aliphatic carbocycles. The zero-order chi connectivity index (χ0) is 14.8. The average Bonchev–Trinajstić information content (AvgIpc) is 2.50. The van der Waals surface area contributed by atoms with Crippen LogP contribution in [-0.2, 0) is 4.74 Å². The zero-order valence-corrected chi connectivity index (χ0v) is 12.7. The molecule has 1 saturated heterocycles. The molecule has 21 heavy (non-hydrogen) atoms. The molecule has 0 amide bonds. The van der Waals surface area contributed by atoms with E-state index >= 15 is 0 Å². The Labute approximate surface area is 129 Å². The second-order valence-corrected chi connectivity index (χ2v) is 5.67. The largest absolute Gasteiger partial charge is 0.382 e. The summed E-state index contributed by atoms with van der Waals surface area (Å²) in [4.78, 5) is 6.44. The third-order valence-corrected chi connectivity index (χ3v) is 3.98. The Kier molecular flexibility index (Phi) is 3.99. The van der Waals surface area contributed by atoms with E-state index in [0.717, 1.165) is 30.8 Å². The highest BCUT2D eigenvalue weighted by Gasteiger charge is 2.16. The minimum Gasteiger partial charge on any atom is -0.382 e. The Hall–Kier alpha value is -1.78. The molecule has 0 spiro atoms. The lowest BCUT2D eigenvalue weighted by molar-refractivity contribution is 0.0532. The minimum atomic E-state index is 0.276. The molecule has 0 saturated carbocycles. The smallest absolute Gasteiger partial charge is 0.142 e. The standard InChI is InChI=1S/C16H18ClN3O/c1-11-10-20(6-7-21-11)14-4-2-12(3-5-14)13-8-15(17)16(18)19-9-13/h2-5,8-9,11H,6-7,10H2,1H3,(H2,18,19)/t11-/m1/s1. The first kappa shape index (κ1) is 14.2. The molecule has 2 heterocycles. The van der Waals surface area contributed by atoms with E-state index in [1.165, 1.54) is 5.69 Å². The number of morpholine rings is 1. The second kappa shape index (κ2) is 5.92. The van der Waals surface area contributed by atoms with Crippen LogP contribution in [0.3, 0.4) is 0 Å². The first-order chi connectivity index (χ1) is 10.1. The van der Waals surface area contributed by atoms with Crippen LogP contribution in [0.25, 0.3) is 11.1 Å². The lowest BCUT2D eigenvalue weighted by Gasteiger charge is -2.33. The quantitative estimate of drug-likeness (QED) is 0.925. The Morgan fingerprint density at radius 2 is 2.05 bits per heavy atom. The van der Waals surface area contributed by atoms with Crippen LogP contribution in [0.1, 0.15) is 6.92 Å². The predicted molar refractivity (Wildman–Crippen MR) is 86.7 cm³/mol. The second-order valence-electron chi connectivity index (χ2n) is 5.27. The molecule has 0 radical (unpaired) electrons. The van der Waals surface area contributed by atoms with Crippen molar-refractivity contribution in [3.63, 3.8) is 0 Å². The van der Waals surface area contributed by atoms with Crippen LogP contribution < -0.4 is 10.6 Å².